The first kappa shape index (κ1) is 13.2. The van der Waals surface area contributed by atoms with Gasteiger partial charge in [-0.2, -0.15) is 5.26 Å². The highest BCUT2D eigenvalue weighted by Crippen LogP contribution is 2.26. The number of benzene rings is 1. The molecule has 0 saturated heterocycles. The van der Waals surface area contributed by atoms with E-state index < -0.39 is 28.3 Å². The van der Waals surface area contributed by atoms with Crippen LogP contribution in [0.4, 0.5) is 8.78 Å². The van der Waals surface area contributed by atoms with Crippen LogP contribution < -0.4 is 5.56 Å². The van der Waals surface area contributed by atoms with Gasteiger partial charge in [-0.1, -0.05) is 17.8 Å². The molecule has 0 amide bonds. The second-order valence-corrected chi connectivity index (χ2v) is 4.30. The number of rotatable bonds is 2. The van der Waals surface area contributed by atoms with Crippen molar-refractivity contribution in [2.75, 3.05) is 6.26 Å². The summed E-state index contributed by atoms with van der Waals surface area (Å²) in [4.78, 5) is 17.9. The van der Waals surface area contributed by atoms with Crippen molar-refractivity contribution in [1.29, 1.82) is 5.26 Å². The van der Waals surface area contributed by atoms with Gasteiger partial charge in [-0.25, -0.2) is 13.8 Å². The number of nitriles is 1. The highest BCUT2D eigenvalue weighted by molar-refractivity contribution is 7.98. The molecule has 96 valence electrons. The minimum absolute atomic E-state index is 0.182. The molecule has 0 aliphatic heterocycles. The standard InChI is InChI=1S/C12H7F2N3OS/c1-19-12-16-10(6(5-15)11(18)17-12)9-7(13)3-2-4-8(9)14/h2-4H,1H3,(H,16,17,18). The Bertz CT molecular complexity index is 716. The van der Waals surface area contributed by atoms with Gasteiger partial charge in [0.2, 0.25) is 0 Å². The first-order valence-corrected chi connectivity index (χ1v) is 6.33. The number of hydrogen-bond acceptors (Lipinski definition) is 4. The zero-order valence-corrected chi connectivity index (χ0v) is 10.5. The van der Waals surface area contributed by atoms with Crippen LogP contribution in [-0.4, -0.2) is 16.2 Å². The zero-order chi connectivity index (χ0) is 14.0. The molecule has 0 bridgehead atoms. The Morgan fingerprint density at radius 3 is 2.53 bits per heavy atom. The Morgan fingerprint density at radius 2 is 2.00 bits per heavy atom. The summed E-state index contributed by atoms with van der Waals surface area (Å²) in [6, 6.07) is 4.90. The highest BCUT2D eigenvalue weighted by Gasteiger charge is 2.19. The van der Waals surface area contributed by atoms with Gasteiger partial charge in [-0.15, -0.1) is 0 Å². The molecule has 1 N–H and O–H groups in total. The minimum atomic E-state index is -0.873. The Morgan fingerprint density at radius 1 is 1.37 bits per heavy atom. The smallest absolute Gasteiger partial charge is 0.270 e. The van der Waals surface area contributed by atoms with Crippen LogP contribution >= 0.6 is 11.8 Å². The second kappa shape index (κ2) is 5.20. The normalized spacial score (nSPS) is 10.2. The number of aromatic nitrogens is 2. The van der Waals surface area contributed by atoms with Crippen LogP contribution in [0.5, 0.6) is 0 Å². The molecular formula is C12H7F2N3OS. The van der Waals surface area contributed by atoms with Crippen molar-refractivity contribution in [3.8, 4) is 17.3 Å². The summed E-state index contributed by atoms with van der Waals surface area (Å²) < 4.78 is 27.4. The first-order chi connectivity index (χ1) is 9.08. The third kappa shape index (κ3) is 2.35. The highest BCUT2D eigenvalue weighted by atomic mass is 32.2. The number of nitrogens with one attached hydrogen (secondary N) is 1. The summed E-state index contributed by atoms with van der Waals surface area (Å²) >= 11 is 1.10. The largest absolute Gasteiger partial charge is 0.300 e. The maximum atomic E-state index is 13.7. The van der Waals surface area contributed by atoms with E-state index in [9.17, 15) is 13.6 Å². The number of halogens is 2. The molecule has 0 radical (unpaired) electrons. The van der Waals surface area contributed by atoms with E-state index >= 15 is 0 Å². The van der Waals surface area contributed by atoms with Gasteiger partial charge in [0.05, 0.1) is 5.56 Å². The van der Waals surface area contributed by atoms with Crippen molar-refractivity contribution in [3.05, 3.63) is 45.8 Å². The minimum Gasteiger partial charge on any atom is -0.300 e. The molecule has 0 saturated carbocycles. The number of aromatic amines is 1. The maximum absolute atomic E-state index is 13.7. The van der Waals surface area contributed by atoms with Crippen LogP contribution in [0.1, 0.15) is 5.56 Å². The van der Waals surface area contributed by atoms with E-state index in [0.717, 1.165) is 23.9 Å². The SMILES string of the molecule is CSc1nc(-c2c(F)cccc2F)c(C#N)c(=O)[nH]1. The molecule has 0 aliphatic rings. The fourth-order valence-corrected chi connectivity index (χ4v) is 1.94. The van der Waals surface area contributed by atoms with Crippen molar-refractivity contribution >= 4 is 11.8 Å². The third-order valence-corrected chi connectivity index (χ3v) is 2.98. The van der Waals surface area contributed by atoms with E-state index in [1.54, 1.807) is 12.3 Å². The molecule has 7 heteroatoms. The lowest BCUT2D eigenvalue weighted by atomic mass is 10.1. The fourth-order valence-electron chi connectivity index (χ4n) is 1.56. The molecule has 19 heavy (non-hydrogen) atoms. The average molecular weight is 279 g/mol. The zero-order valence-electron chi connectivity index (χ0n) is 9.70. The van der Waals surface area contributed by atoms with Crippen LogP contribution in [0.2, 0.25) is 0 Å². The summed E-state index contributed by atoms with van der Waals surface area (Å²) in [6.45, 7) is 0. The second-order valence-electron chi connectivity index (χ2n) is 3.51. The molecule has 0 aliphatic carbocycles. The summed E-state index contributed by atoms with van der Waals surface area (Å²) in [7, 11) is 0. The van der Waals surface area contributed by atoms with E-state index in [-0.39, 0.29) is 10.9 Å². The Hall–Kier alpha value is -2.20. The van der Waals surface area contributed by atoms with Crippen molar-refractivity contribution in [2.45, 2.75) is 5.16 Å². The summed E-state index contributed by atoms with van der Waals surface area (Å²) in [6.07, 6.45) is 1.64. The molecule has 0 unspecified atom stereocenters. The van der Waals surface area contributed by atoms with Crippen molar-refractivity contribution in [3.63, 3.8) is 0 Å². The average Bonchev–Trinajstić information content (AvgIpc) is 2.38. The van der Waals surface area contributed by atoms with Gasteiger partial charge in [0.15, 0.2) is 5.16 Å². The molecule has 1 aromatic carbocycles. The van der Waals surface area contributed by atoms with Crippen LogP contribution in [-0.2, 0) is 0 Å². The summed E-state index contributed by atoms with van der Waals surface area (Å²) in [5.41, 5.74) is -1.90. The van der Waals surface area contributed by atoms with Gasteiger partial charge in [0.1, 0.15) is 29.0 Å². The number of thioether (sulfide) groups is 1. The maximum Gasteiger partial charge on any atom is 0.270 e. The van der Waals surface area contributed by atoms with Crippen LogP contribution in [0.15, 0.2) is 28.2 Å². The molecule has 0 atom stereocenters. The van der Waals surface area contributed by atoms with E-state index in [4.69, 9.17) is 5.26 Å². The van der Waals surface area contributed by atoms with Crippen LogP contribution in [0.3, 0.4) is 0 Å². The van der Waals surface area contributed by atoms with E-state index in [0.29, 0.717) is 0 Å². The van der Waals surface area contributed by atoms with Gasteiger partial charge < -0.3 is 4.98 Å². The van der Waals surface area contributed by atoms with Gasteiger partial charge in [0, 0.05) is 0 Å². The molecule has 2 aromatic rings. The number of H-pyrrole nitrogens is 1. The van der Waals surface area contributed by atoms with Crippen molar-refractivity contribution in [2.24, 2.45) is 0 Å². The first-order valence-electron chi connectivity index (χ1n) is 5.11. The van der Waals surface area contributed by atoms with Gasteiger partial charge >= 0.3 is 0 Å². The summed E-state index contributed by atoms with van der Waals surface area (Å²) in [5.74, 6) is -1.75. The van der Waals surface area contributed by atoms with Crippen LogP contribution in [0, 0.1) is 23.0 Å². The van der Waals surface area contributed by atoms with E-state index in [2.05, 4.69) is 9.97 Å². The van der Waals surface area contributed by atoms with Crippen molar-refractivity contribution in [1.82, 2.24) is 9.97 Å². The molecule has 1 heterocycles. The number of hydrogen-bond donors (Lipinski definition) is 1. The van der Waals surface area contributed by atoms with Crippen molar-refractivity contribution < 1.29 is 8.78 Å². The lowest BCUT2D eigenvalue weighted by Gasteiger charge is -2.07. The quantitative estimate of drug-likeness (QED) is 0.676. The number of nitrogens with zero attached hydrogens (tertiary/aromatic N) is 2. The molecule has 2 rings (SSSR count). The molecule has 1 aromatic heterocycles. The molecule has 0 fully saturated rings. The third-order valence-electron chi connectivity index (χ3n) is 2.40. The Kier molecular flexibility index (Phi) is 3.62. The monoisotopic (exact) mass is 279 g/mol. The van der Waals surface area contributed by atoms with E-state index in [1.165, 1.54) is 6.07 Å². The van der Waals surface area contributed by atoms with Gasteiger partial charge in [0.25, 0.3) is 5.56 Å². The van der Waals surface area contributed by atoms with Gasteiger partial charge in [-0.05, 0) is 18.4 Å². The fraction of sp³-hybridized carbons (Fsp3) is 0.0833. The molecule has 0 spiro atoms. The lowest BCUT2D eigenvalue weighted by molar-refractivity contribution is 0.588. The van der Waals surface area contributed by atoms with Crippen LogP contribution in [0.25, 0.3) is 11.3 Å². The molecular weight excluding hydrogens is 272 g/mol. The summed E-state index contributed by atoms with van der Waals surface area (Å²) in [5, 5.41) is 9.13. The van der Waals surface area contributed by atoms with Gasteiger partial charge in [-0.3, -0.25) is 4.79 Å². The lowest BCUT2D eigenvalue weighted by Crippen LogP contribution is -2.15. The Labute approximate surface area is 111 Å². The van der Waals surface area contributed by atoms with E-state index in [1.807, 2.05) is 0 Å². The molecule has 4 nitrogen and oxygen atoms in total. The Balaban J connectivity index is 2.86. The topological polar surface area (TPSA) is 69.5 Å². The predicted molar refractivity (Wildman–Crippen MR) is 66.7 cm³/mol. The predicted octanol–water partition coefficient (Wildman–Crippen LogP) is 2.31.